The number of para-hydroxylation sites is 4. The van der Waals surface area contributed by atoms with Gasteiger partial charge >= 0.3 is 0 Å². The second-order valence-electron chi connectivity index (χ2n) is 17.1. The first-order valence-electron chi connectivity index (χ1n) is 22.3. The van der Waals surface area contributed by atoms with Gasteiger partial charge in [-0.2, -0.15) is 9.97 Å². The number of benzene rings is 9. The Bertz CT molecular complexity index is 4400. The third-order valence-corrected chi connectivity index (χ3v) is 15.7. The summed E-state index contributed by atoms with van der Waals surface area (Å²) in [6, 6.07) is 69.3. The van der Waals surface area contributed by atoms with Gasteiger partial charge in [-0.05, 0) is 91.0 Å². The summed E-state index contributed by atoms with van der Waals surface area (Å²) < 4.78 is 11.8. The van der Waals surface area contributed by atoms with Crippen molar-refractivity contribution in [2.75, 3.05) is 0 Å². The zero-order valence-corrected chi connectivity index (χ0v) is 37.1. The molecule has 312 valence electrons. The SMILES string of the molecule is c1ccc(-n2cnc3c(-n4c5ccccc5c5c4ccc4c6ccccc6n(-c6nc(-c7ccc8sc9ccccc9c8c7)nc(-c7ccc8sc9ccccc9c8c7)n6)c45)cccc32)cc1. The normalized spacial score (nSPS) is 12.2. The summed E-state index contributed by atoms with van der Waals surface area (Å²) in [4.78, 5) is 21.4. The average molecular weight is 892 g/mol. The van der Waals surface area contributed by atoms with Crippen LogP contribution in [0, 0.1) is 0 Å². The van der Waals surface area contributed by atoms with E-state index in [1.165, 1.54) is 40.3 Å². The second kappa shape index (κ2) is 14.0. The molecule has 0 amide bonds. The number of thiophene rings is 2. The summed E-state index contributed by atoms with van der Waals surface area (Å²) in [5.41, 5.74) is 10.1. The predicted octanol–water partition coefficient (Wildman–Crippen LogP) is 15.5. The lowest BCUT2D eigenvalue weighted by atomic mass is 10.1. The molecule has 0 saturated carbocycles. The van der Waals surface area contributed by atoms with Gasteiger partial charge in [-0.15, -0.1) is 22.7 Å². The van der Waals surface area contributed by atoms with Crippen LogP contribution in [0.5, 0.6) is 0 Å². The van der Waals surface area contributed by atoms with Crippen molar-refractivity contribution in [1.82, 2.24) is 33.6 Å². The number of aromatic nitrogens is 7. The van der Waals surface area contributed by atoms with Crippen molar-refractivity contribution in [3.05, 3.63) is 200 Å². The number of nitrogens with zero attached hydrogens (tertiary/aromatic N) is 7. The van der Waals surface area contributed by atoms with Crippen LogP contribution in [0.3, 0.4) is 0 Å². The number of imidazole rings is 1. The van der Waals surface area contributed by atoms with Crippen LogP contribution < -0.4 is 0 Å². The molecule has 0 unspecified atom stereocenters. The van der Waals surface area contributed by atoms with E-state index in [0.29, 0.717) is 17.6 Å². The Labute approximate surface area is 389 Å². The zero-order chi connectivity index (χ0) is 43.7. The van der Waals surface area contributed by atoms with Gasteiger partial charge in [-0.1, -0.05) is 103 Å². The largest absolute Gasteiger partial charge is 0.307 e. The Morgan fingerprint density at radius 3 is 1.63 bits per heavy atom. The molecule has 9 aromatic carbocycles. The highest BCUT2D eigenvalue weighted by Gasteiger charge is 2.25. The fourth-order valence-corrected chi connectivity index (χ4v) is 12.6. The predicted molar refractivity (Wildman–Crippen MR) is 280 cm³/mol. The van der Waals surface area contributed by atoms with E-state index in [9.17, 15) is 0 Å². The highest BCUT2D eigenvalue weighted by Crippen LogP contribution is 2.44. The average Bonchev–Trinajstić information content (AvgIpc) is 4.21. The fourth-order valence-electron chi connectivity index (χ4n) is 10.4. The molecule has 0 radical (unpaired) electrons. The standard InChI is InChI=1S/C58H33N7S2/c1-2-13-36(14-3-1)63-33-59-54-47(63)21-12-22-48(54)64-45-20-9-5-18-41(45)53-46(64)28-27-40-37-15-4-8-19-44(37)65(55(40)53)58-61-56(34-25-29-51-42(31-34)38-16-6-10-23-49(38)66-51)60-57(62-58)35-26-30-52-43(32-35)39-17-7-11-24-50(39)67-52/h1-33H. The molecule has 6 heterocycles. The monoisotopic (exact) mass is 891 g/mol. The summed E-state index contributed by atoms with van der Waals surface area (Å²) in [5, 5.41) is 9.36. The third kappa shape index (κ3) is 5.38. The Morgan fingerprint density at radius 1 is 0.373 bits per heavy atom. The highest BCUT2D eigenvalue weighted by atomic mass is 32.1. The summed E-state index contributed by atoms with van der Waals surface area (Å²) in [7, 11) is 0. The number of hydrogen-bond donors (Lipinski definition) is 0. The topological polar surface area (TPSA) is 66.3 Å². The van der Waals surface area contributed by atoms with E-state index in [1.807, 2.05) is 35.1 Å². The van der Waals surface area contributed by atoms with Crippen LogP contribution in [0.1, 0.15) is 0 Å². The minimum atomic E-state index is 0.560. The van der Waals surface area contributed by atoms with Crippen molar-refractivity contribution < 1.29 is 0 Å². The lowest BCUT2D eigenvalue weighted by Crippen LogP contribution is -2.06. The smallest absolute Gasteiger partial charge is 0.238 e. The molecule has 0 saturated heterocycles. The van der Waals surface area contributed by atoms with Crippen molar-refractivity contribution in [3.63, 3.8) is 0 Å². The maximum Gasteiger partial charge on any atom is 0.238 e. The third-order valence-electron chi connectivity index (χ3n) is 13.4. The molecular weight excluding hydrogens is 859 g/mol. The zero-order valence-electron chi connectivity index (χ0n) is 35.5. The van der Waals surface area contributed by atoms with E-state index >= 15 is 0 Å². The number of rotatable bonds is 5. The molecular formula is C58H33N7S2. The fraction of sp³-hybridized carbons (Fsp3) is 0. The molecule has 0 aliphatic carbocycles. The second-order valence-corrected chi connectivity index (χ2v) is 19.2. The minimum Gasteiger partial charge on any atom is -0.307 e. The van der Waals surface area contributed by atoms with Gasteiger partial charge in [0.25, 0.3) is 0 Å². The van der Waals surface area contributed by atoms with Gasteiger partial charge in [-0.3, -0.25) is 9.13 Å². The first kappa shape index (κ1) is 36.8. The van der Waals surface area contributed by atoms with Crippen molar-refractivity contribution in [1.29, 1.82) is 0 Å². The number of fused-ring (bicyclic) bond motifs is 14. The molecule has 15 aromatic rings. The van der Waals surface area contributed by atoms with E-state index in [1.54, 1.807) is 0 Å². The van der Waals surface area contributed by atoms with E-state index in [-0.39, 0.29) is 0 Å². The molecule has 67 heavy (non-hydrogen) atoms. The maximum atomic E-state index is 5.50. The molecule has 0 aliphatic rings. The number of hydrogen-bond acceptors (Lipinski definition) is 6. The van der Waals surface area contributed by atoms with Crippen molar-refractivity contribution >= 4 is 118 Å². The molecule has 0 N–H and O–H groups in total. The molecule has 7 nitrogen and oxygen atoms in total. The molecule has 0 atom stereocenters. The van der Waals surface area contributed by atoms with Gasteiger partial charge in [0.2, 0.25) is 5.95 Å². The van der Waals surface area contributed by atoms with Crippen LogP contribution >= 0.6 is 22.7 Å². The van der Waals surface area contributed by atoms with Crippen molar-refractivity contribution in [2.24, 2.45) is 0 Å². The van der Waals surface area contributed by atoms with Gasteiger partial charge in [0.05, 0.1) is 33.3 Å². The van der Waals surface area contributed by atoms with E-state index in [4.69, 9.17) is 19.9 Å². The van der Waals surface area contributed by atoms with Crippen LogP contribution in [-0.4, -0.2) is 33.6 Å². The molecule has 0 fully saturated rings. The summed E-state index contributed by atoms with van der Waals surface area (Å²) in [5.74, 6) is 1.80. The Balaban J connectivity index is 1.03. The molecule has 9 heteroatoms. The molecule has 15 rings (SSSR count). The molecule has 6 aromatic heterocycles. The van der Waals surface area contributed by atoms with Gasteiger partial charge in [0.1, 0.15) is 11.8 Å². The molecule has 0 spiro atoms. The first-order valence-corrected chi connectivity index (χ1v) is 23.9. The van der Waals surface area contributed by atoms with Crippen LogP contribution in [0.4, 0.5) is 0 Å². The lowest BCUT2D eigenvalue weighted by molar-refractivity contribution is 0.955. The van der Waals surface area contributed by atoms with E-state index in [0.717, 1.165) is 77.1 Å². The highest BCUT2D eigenvalue weighted by molar-refractivity contribution is 7.26. The van der Waals surface area contributed by atoms with Crippen molar-refractivity contribution in [3.8, 4) is 40.1 Å². The van der Waals surface area contributed by atoms with E-state index in [2.05, 4.69) is 202 Å². The Morgan fingerprint density at radius 2 is 0.940 bits per heavy atom. The maximum absolute atomic E-state index is 5.50. The quantitative estimate of drug-likeness (QED) is 0.173. The van der Waals surface area contributed by atoms with Gasteiger partial charge in [0, 0.05) is 78.7 Å². The van der Waals surface area contributed by atoms with Crippen molar-refractivity contribution in [2.45, 2.75) is 0 Å². The Hall–Kier alpha value is -8.50. The molecule has 0 bridgehead atoms. The van der Waals surface area contributed by atoms with Crippen LogP contribution in [0.15, 0.2) is 200 Å². The van der Waals surface area contributed by atoms with Crippen LogP contribution in [-0.2, 0) is 0 Å². The Kier molecular flexibility index (Phi) is 7.69. The molecule has 0 aliphatic heterocycles. The lowest BCUT2D eigenvalue weighted by Gasteiger charge is -2.12. The van der Waals surface area contributed by atoms with E-state index < -0.39 is 0 Å². The van der Waals surface area contributed by atoms with Gasteiger partial charge in [-0.25, -0.2) is 9.97 Å². The summed E-state index contributed by atoms with van der Waals surface area (Å²) in [6.07, 6.45) is 1.93. The summed E-state index contributed by atoms with van der Waals surface area (Å²) >= 11 is 3.62. The van der Waals surface area contributed by atoms with Crippen LogP contribution in [0.25, 0.3) is 135 Å². The minimum absolute atomic E-state index is 0.560. The van der Waals surface area contributed by atoms with Crippen LogP contribution in [0.2, 0.25) is 0 Å². The van der Waals surface area contributed by atoms with Gasteiger partial charge in [0.15, 0.2) is 11.6 Å². The summed E-state index contributed by atoms with van der Waals surface area (Å²) in [6.45, 7) is 0. The van der Waals surface area contributed by atoms with Gasteiger partial charge < -0.3 is 4.57 Å². The first-order chi connectivity index (χ1) is 33.2.